The van der Waals surface area contributed by atoms with Gasteiger partial charge in [0, 0.05) is 44.9 Å². The van der Waals surface area contributed by atoms with E-state index in [0.717, 1.165) is 101 Å². The summed E-state index contributed by atoms with van der Waals surface area (Å²) in [7, 11) is 0. The van der Waals surface area contributed by atoms with Crippen LogP contribution in [-0.2, 0) is 0 Å². The number of aromatic nitrogens is 4. The summed E-state index contributed by atoms with van der Waals surface area (Å²) in [5, 5.41) is 19.8. The Kier molecular flexibility index (Phi) is 11.5. The van der Waals surface area contributed by atoms with E-state index in [-0.39, 0.29) is 11.1 Å². The molecule has 3 aromatic heterocycles. The van der Waals surface area contributed by atoms with Crippen LogP contribution in [0, 0.1) is 27.7 Å². The molecule has 2 aliphatic heterocycles. The van der Waals surface area contributed by atoms with Crippen LogP contribution in [0.2, 0.25) is 0 Å². The van der Waals surface area contributed by atoms with Crippen molar-refractivity contribution < 1.29 is 19.8 Å². The second-order valence-electron chi connectivity index (χ2n) is 18.2. The molecule has 0 unspecified atom stereocenters. The first-order valence-corrected chi connectivity index (χ1v) is 23.7. The Morgan fingerprint density at radius 2 is 0.639 bits per heavy atom. The van der Waals surface area contributed by atoms with Gasteiger partial charge in [0.2, 0.25) is 0 Å². The summed E-state index contributed by atoms with van der Waals surface area (Å²) in [5.74, 6) is -2.04. The molecule has 0 saturated carbocycles. The van der Waals surface area contributed by atoms with Crippen molar-refractivity contribution in [1.82, 2.24) is 19.9 Å². The van der Waals surface area contributed by atoms with Gasteiger partial charge in [0.25, 0.3) is 0 Å². The average molecular weight is 941 g/mol. The standard InChI is InChI=1S/C62H48N6O4/c1-37-5-21-45(22-6-37)67(46-23-7-38(2)8-24-46)59-53-33-31-51(64-53)57(41-13-17-43(18-14-41)61(69)70)49-29-30-50(63-49)58(42-15-19-44(20-16-42)62(71)72)52-32-34-54(65-52)60(56-36-35-55(59)66-56)68(47-25-9-39(3)10-26-47)48-27-11-40(4)12-28-48/h5-36,64-65H,1-4H3,(H,69,70)(H,71,72). The summed E-state index contributed by atoms with van der Waals surface area (Å²) in [6.07, 6.45) is 8.09. The molecule has 8 bridgehead atoms. The van der Waals surface area contributed by atoms with Crippen LogP contribution >= 0.6 is 0 Å². The van der Waals surface area contributed by atoms with Gasteiger partial charge in [-0.25, -0.2) is 19.6 Å². The molecule has 0 amide bonds. The number of hydrogen-bond donors (Lipinski definition) is 4. The van der Waals surface area contributed by atoms with Crippen LogP contribution in [0.4, 0.5) is 34.1 Å². The van der Waals surface area contributed by atoms with Crippen LogP contribution in [0.25, 0.3) is 68.6 Å². The van der Waals surface area contributed by atoms with E-state index in [1.54, 1.807) is 24.3 Å². The van der Waals surface area contributed by atoms with Crippen LogP contribution in [0.15, 0.2) is 170 Å². The first kappa shape index (κ1) is 44.9. The van der Waals surface area contributed by atoms with E-state index in [2.05, 4.69) is 169 Å². The van der Waals surface area contributed by atoms with Crippen molar-refractivity contribution in [2.75, 3.05) is 9.80 Å². The topological polar surface area (TPSA) is 138 Å². The van der Waals surface area contributed by atoms with Gasteiger partial charge >= 0.3 is 11.9 Å². The third-order valence-electron chi connectivity index (χ3n) is 13.2. The van der Waals surface area contributed by atoms with Crippen molar-refractivity contribution in [2.45, 2.75) is 27.7 Å². The molecular formula is C62H48N6O4. The highest BCUT2D eigenvalue weighted by atomic mass is 16.4. The summed E-state index contributed by atoms with van der Waals surface area (Å²) in [6, 6.07) is 55.8. The number of rotatable bonds is 10. The summed E-state index contributed by atoms with van der Waals surface area (Å²) >= 11 is 0. The minimum atomic E-state index is -1.02. The molecule has 9 aromatic rings. The van der Waals surface area contributed by atoms with E-state index in [4.69, 9.17) is 9.97 Å². The Morgan fingerprint density at radius 1 is 0.361 bits per heavy atom. The maximum atomic E-state index is 12.1. The monoisotopic (exact) mass is 940 g/mol. The first-order valence-electron chi connectivity index (χ1n) is 23.7. The predicted octanol–water partition coefficient (Wildman–Crippen LogP) is 15.6. The fourth-order valence-corrected chi connectivity index (χ4v) is 9.40. The smallest absolute Gasteiger partial charge is 0.335 e. The fraction of sp³-hybridized carbons (Fsp3) is 0.0645. The maximum Gasteiger partial charge on any atom is 0.335 e. The molecule has 0 aliphatic carbocycles. The van der Waals surface area contributed by atoms with Crippen molar-refractivity contribution in [3.8, 4) is 22.3 Å². The lowest BCUT2D eigenvalue weighted by Gasteiger charge is -2.27. The molecule has 0 spiro atoms. The molecule has 0 saturated heterocycles. The number of anilines is 6. The number of aromatic amines is 2. The molecular weight excluding hydrogens is 893 g/mol. The first-order chi connectivity index (χ1) is 34.9. The molecule has 350 valence electrons. The van der Waals surface area contributed by atoms with E-state index >= 15 is 0 Å². The summed E-state index contributed by atoms with van der Waals surface area (Å²) in [4.78, 5) is 47.4. The fourth-order valence-electron chi connectivity index (χ4n) is 9.40. The molecule has 0 fully saturated rings. The SMILES string of the molecule is Cc1ccc(N(c2ccc(C)cc2)c2c3nc(c(N(c4ccc(C)cc4)c4ccc(C)cc4)c4ccc([nH]4)c(-c4ccc(C(=O)O)cc4)c4nc(c(-c5ccc(C(=O)O)cc5)c5ccc2[nH]5)C=C4)C=C3)cc1. The van der Waals surface area contributed by atoms with E-state index in [0.29, 0.717) is 22.8 Å². The Bertz CT molecular complexity index is 3470. The molecule has 11 rings (SSSR count). The Hall–Kier alpha value is -9.54. The van der Waals surface area contributed by atoms with Gasteiger partial charge in [-0.3, -0.25) is 0 Å². The largest absolute Gasteiger partial charge is 0.478 e. The van der Waals surface area contributed by atoms with Gasteiger partial charge in [0.15, 0.2) is 0 Å². The van der Waals surface area contributed by atoms with Crippen molar-refractivity contribution in [3.63, 3.8) is 0 Å². The molecule has 10 heteroatoms. The number of hydrogen-bond acceptors (Lipinski definition) is 6. The van der Waals surface area contributed by atoms with Gasteiger partial charge < -0.3 is 30.0 Å². The normalized spacial score (nSPS) is 11.7. The van der Waals surface area contributed by atoms with Crippen molar-refractivity contribution >= 4 is 92.4 Å². The van der Waals surface area contributed by atoms with Crippen molar-refractivity contribution in [1.29, 1.82) is 0 Å². The van der Waals surface area contributed by atoms with Crippen LogP contribution < -0.4 is 9.80 Å². The predicted molar refractivity (Wildman–Crippen MR) is 292 cm³/mol. The molecule has 2 aliphatic rings. The van der Waals surface area contributed by atoms with E-state index < -0.39 is 11.9 Å². The number of aromatic carboxylic acids is 2. The zero-order chi connectivity index (χ0) is 49.6. The lowest BCUT2D eigenvalue weighted by molar-refractivity contribution is 0.0686. The van der Waals surface area contributed by atoms with Gasteiger partial charge in [0.1, 0.15) is 0 Å². The van der Waals surface area contributed by atoms with E-state index in [1.807, 2.05) is 48.6 Å². The Balaban J connectivity index is 1.32. The summed E-state index contributed by atoms with van der Waals surface area (Å²) in [6.45, 7) is 8.33. The zero-order valence-corrected chi connectivity index (χ0v) is 40.0. The lowest BCUT2D eigenvalue weighted by Crippen LogP contribution is -2.13. The second kappa shape index (κ2) is 18.4. The zero-order valence-electron chi connectivity index (χ0n) is 40.0. The number of carbonyl (C=O) groups is 2. The number of nitrogens with one attached hydrogen (secondary N) is 2. The third kappa shape index (κ3) is 8.51. The quantitative estimate of drug-likeness (QED) is 0.106. The minimum absolute atomic E-state index is 0.166. The number of H-pyrrole nitrogens is 2. The highest BCUT2D eigenvalue weighted by molar-refractivity contribution is 6.02. The minimum Gasteiger partial charge on any atom is -0.478 e. The van der Waals surface area contributed by atoms with E-state index in [1.165, 1.54) is 0 Å². The molecule has 0 atom stereocenters. The van der Waals surface area contributed by atoms with Crippen LogP contribution in [0.3, 0.4) is 0 Å². The Labute approximate surface area is 416 Å². The number of benzene rings is 6. The van der Waals surface area contributed by atoms with Gasteiger partial charge in [-0.1, -0.05) is 95.1 Å². The molecule has 0 radical (unpaired) electrons. The molecule has 10 nitrogen and oxygen atoms in total. The van der Waals surface area contributed by atoms with Crippen molar-refractivity contribution in [3.05, 3.63) is 226 Å². The van der Waals surface area contributed by atoms with Crippen LogP contribution in [-0.4, -0.2) is 42.1 Å². The number of nitrogens with zero attached hydrogens (tertiary/aromatic N) is 4. The molecule has 5 heterocycles. The summed E-state index contributed by atoms with van der Waals surface area (Å²) in [5.41, 5.74) is 18.9. The van der Waals surface area contributed by atoms with Crippen LogP contribution in [0.5, 0.6) is 0 Å². The van der Waals surface area contributed by atoms with Crippen LogP contribution in [0.1, 0.15) is 65.7 Å². The van der Waals surface area contributed by atoms with Gasteiger partial charge in [-0.05, 0) is 160 Å². The van der Waals surface area contributed by atoms with Gasteiger partial charge in [-0.2, -0.15) is 0 Å². The molecule has 6 aromatic carbocycles. The highest BCUT2D eigenvalue weighted by Crippen LogP contribution is 2.45. The molecule has 4 N–H and O–H groups in total. The van der Waals surface area contributed by atoms with Gasteiger partial charge in [-0.15, -0.1) is 0 Å². The number of carboxylic acids is 2. The maximum absolute atomic E-state index is 12.1. The third-order valence-corrected chi connectivity index (χ3v) is 13.2. The number of carboxylic acid groups (broad SMARTS) is 2. The van der Waals surface area contributed by atoms with Gasteiger partial charge in [0.05, 0.1) is 56.3 Å². The number of aryl methyl sites for hydroxylation is 4. The second-order valence-corrected chi connectivity index (χ2v) is 18.2. The summed E-state index contributed by atoms with van der Waals surface area (Å²) < 4.78 is 0. The number of fused-ring (bicyclic) bond motifs is 8. The average Bonchev–Trinajstić information content (AvgIpc) is 4.25. The van der Waals surface area contributed by atoms with E-state index in [9.17, 15) is 19.8 Å². The lowest BCUT2D eigenvalue weighted by atomic mass is 10.0. The Morgan fingerprint density at radius 3 is 0.944 bits per heavy atom. The highest BCUT2D eigenvalue weighted by Gasteiger charge is 2.25. The molecule has 72 heavy (non-hydrogen) atoms. The van der Waals surface area contributed by atoms with Crippen molar-refractivity contribution in [2.24, 2.45) is 0 Å².